The Morgan fingerprint density at radius 3 is 2.47 bits per heavy atom. The molecule has 4 nitrogen and oxygen atoms in total. The van der Waals surface area contributed by atoms with Gasteiger partial charge in [0.2, 0.25) is 0 Å². The fourth-order valence-corrected chi connectivity index (χ4v) is 4.91. The molecule has 0 bridgehead atoms. The minimum Gasteiger partial charge on any atom is -0.465 e. The maximum absolute atomic E-state index is 13.3. The zero-order chi connectivity index (χ0) is 22.9. The second-order valence-electron chi connectivity index (χ2n) is 9.46. The molecule has 0 saturated carbocycles. The van der Waals surface area contributed by atoms with Crippen molar-refractivity contribution in [2.45, 2.75) is 46.0 Å². The van der Waals surface area contributed by atoms with E-state index in [9.17, 15) is 9.59 Å². The van der Waals surface area contributed by atoms with Gasteiger partial charge in [0.25, 0.3) is 0 Å². The van der Waals surface area contributed by atoms with Gasteiger partial charge in [-0.1, -0.05) is 67.9 Å². The van der Waals surface area contributed by atoms with Crippen molar-refractivity contribution in [3.63, 3.8) is 0 Å². The highest BCUT2D eigenvalue weighted by molar-refractivity contribution is 6.30. The van der Waals surface area contributed by atoms with E-state index in [1.54, 1.807) is 12.1 Å². The average Bonchev–Trinajstić information content (AvgIpc) is 2.73. The van der Waals surface area contributed by atoms with Crippen LogP contribution < -0.4 is 0 Å². The van der Waals surface area contributed by atoms with Crippen LogP contribution in [0.1, 0.15) is 50.7 Å². The molecule has 0 fully saturated rings. The number of carbonyl (C=O) groups is 2. The van der Waals surface area contributed by atoms with Crippen molar-refractivity contribution >= 4 is 29.1 Å². The zero-order valence-corrected chi connectivity index (χ0v) is 19.5. The Kier molecular flexibility index (Phi) is 6.34. The molecule has 0 aromatic heterocycles. The number of esters is 1. The van der Waals surface area contributed by atoms with Gasteiger partial charge in [-0.3, -0.25) is 14.6 Å². The summed E-state index contributed by atoms with van der Waals surface area (Å²) in [7, 11) is 0. The highest BCUT2D eigenvalue weighted by Crippen LogP contribution is 2.48. The second-order valence-corrected chi connectivity index (χ2v) is 9.90. The topological polar surface area (TPSA) is 55.7 Å². The number of rotatable bonds is 5. The predicted molar refractivity (Wildman–Crippen MR) is 127 cm³/mol. The molecule has 2 aliphatic rings. The standard InChI is InChI=1S/C27H28ClNO3/c1-17-23(26(31)32-14-13-18-7-5-4-6-8-18)24(19-9-11-20(28)12-10-19)25-21(29-17)15-27(2,3)16-22(25)30/h4-12,23-24H,13-16H2,1-3H3/t23?,24-/m1/s1. The summed E-state index contributed by atoms with van der Waals surface area (Å²) in [5, 5.41) is 0.613. The smallest absolute Gasteiger partial charge is 0.315 e. The summed E-state index contributed by atoms with van der Waals surface area (Å²) in [6.45, 7) is 6.32. The van der Waals surface area contributed by atoms with Crippen molar-refractivity contribution in [2.24, 2.45) is 16.3 Å². The van der Waals surface area contributed by atoms with Crippen molar-refractivity contribution in [3.05, 3.63) is 82.0 Å². The van der Waals surface area contributed by atoms with Crippen LogP contribution in [0.5, 0.6) is 0 Å². The van der Waals surface area contributed by atoms with Crippen LogP contribution in [0.25, 0.3) is 0 Å². The van der Waals surface area contributed by atoms with E-state index in [0.29, 0.717) is 35.6 Å². The molecular weight excluding hydrogens is 422 g/mol. The minimum atomic E-state index is -0.629. The third kappa shape index (κ3) is 4.71. The number of Topliss-reactive ketones (excluding diaryl/α,β-unsaturated/α-hetero) is 1. The van der Waals surface area contributed by atoms with Gasteiger partial charge in [-0.05, 0) is 42.0 Å². The average molecular weight is 450 g/mol. The van der Waals surface area contributed by atoms with Gasteiger partial charge in [0.15, 0.2) is 5.78 Å². The van der Waals surface area contributed by atoms with Crippen LogP contribution in [0.2, 0.25) is 5.02 Å². The molecular formula is C27H28ClNO3. The van der Waals surface area contributed by atoms with Gasteiger partial charge in [0.05, 0.1) is 6.61 Å². The molecule has 4 rings (SSSR count). The number of ketones is 1. The largest absolute Gasteiger partial charge is 0.465 e. The molecule has 0 saturated heterocycles. The Labute approximate surface area is 194 Å². The summed E-state index contributed by atoms with van der Waals surface area (Å²) < 4.78 is 5.71. The van der Waals surface area contributed by atoms with E-state index >= 15 is 0 Å². The van der Waals surface area contributed by atoms with Crippen LogP contribution in [0.3, 0.4) is 0 Å². The van der Waals surface area contributed by atoms with Crippen molar-refractivity contribution in [1.29, 1.82) is 0 Å². The van der Waals surface area contributed by atoms with Crippen LogP contribution in [0.15, 0.2) is 70.9 Å². The minimum absolute atomic E-state index is 0.0644. The molecule has 2 atom stereocenters. The molecule has 5 heteroatoms. The van der Waals surface area contributed by atoms with Crippen molar-refractivity contribution in [3.8, 4) is 0 Å². The first kappa shape index (κ1) is 22.5. The fraction of sp³-hybridized carbons (Fsp3) is 0.370. The van der Waals surface area contributed by atoms with E-state index in [0.717, 1.165) is 16.8 Å². The monoisotopic (exact) mass is 449 g/mol. The Balaban J connectivity index is 1.65. The summed E-state index contributed by atoms with van der Waals surface area (Å²) in [5.74, 6) is -1.32. The second kappa shape index (κ2) is 9.03. The van der Waals surface area contributed by atoms with E-state index in [-0.39, 0.29) is 23.8 Å². The third-order valence-electron chi connectivity index (χ3n) is 6.26. The first-order valence-corrected chi connectivity index (χ1v) is 11.4. The van der Waals surface area contributed by atoms with Crippen molar-refractivity contribution in [1.82, 2.24) is 0 Å². The van der Waals surface area contributed by atoms with Crippen LogP contribution >= 0.6 is 11.6 Å². The Morgan fingerprint density at radius 2 is 1.78 bits per heavy atom. The molecule has 0 spiro atoms. The lowest BCUT2D eigenvalue weighted by Crippen LogP contribution is -2.39. The molecule has 0 N–H and O–H groups in total. The maximum atomic E-state index is 13.3. The van der Waals surface area contributed by atoms with Gasteiger partial charge >= 0.3 is 5.97 Å². The van der Waals surface area contributed by atoms with Gasteiger partial charge in [-0.15, -0.1) is 0 Å². The van der Waals surface area contributed by atoms with Gasteiger partial charge in [-0.25, -0.2) is 0 Å². The molecule has 166 valence electrons. The highest BCUT2D eigenvalue weighted by Gasteiger charge is 2.45. The number of allylic oxidation sites excluding steroid dienone is 2. The molecule has 0 amide bonds. The molecule has 32 heavy (non-hydrogen) atoms. The van der Waals surface area contributed by atoms with E-state index in [4.69, 9.17) is 21.3 Å². The summed E-state index contributed by atoms with van der Waals surface area (Å²) in [6, 6.07) is 17.3. The summed E-state index contributed by atoms with van der Waals surface area (Å²) in [4.78, 5) is 31.3. The molecule has 1 unspecified atom stereocenters. The fourth-order valence-electron chi connectivity index (χ4n) is 4.78. The first-order chi connectivity index (χ1) is 15.2. The van der Waals surface area contributed by atoms with Gasteiger partial charge < -0.3 is 4.74 Å². The van der Waals surface area contributed by atoms with E-state index < -0.39 is 11.8 Å². The quantitative estimate of drug-likeness (QED) is 0.530. The van der Waals surface area contributed by atoms with Crippen molar-refractivity contribution in [2.75, 3.05) is 6.61 Å². The van der Waals surface area contributed by atoms with Gasteiger partial charge in [-0.2, -0.15) is 0 Å². The number of carbonyl (C=O) groups excluding carboxylic acids is 2. The summed E-state index contributed by atoms with van der Waals surface area (Å²) in [6.07, 6.45) is 1.80. The number of aliphatic imine (C=N–C) groups is 1. The lowest BCUT2D eigenvalue weighted by molar-refractivity contribution is -0.146. The number of ether oxygens (including phenoxy) is 1. The first-order valence-electron chi connectivity index (χ1n) is 11.0. The number of hydrogen-bond donors (Lipinski definition) is 0. The number of benzene rings is 2. The number of nitrogens with zero attached hydrogens (tertiary/aromatic N) is 1. The third-order valence-corrected chi connectivity index (χ3v) is 6.52. The molecule has 1 heterocycles. The summed E-state index contributed by atoms with van der Waals surface area (Å²) in [5.41, 5.74) is 4.00. The highest BCUT2D eigenvalue weighted by atomic mass is 35.5. The molecule has 1 aliphatic heterocycles. The molecule has 2 aromatic rings. The number of halogens is 1. The summed E-state index contributed by atoms with van der Waals surface area (Å²) >= 11 is 6.11. The van der Waals surface area contributed by atoms with Crippen LogP contribution in [-0.2, 0) is 20.7 Å². The van der Waals surface area contributed by atoms with Gasteiger partial charge in [0.1, 0.15) is 5.92 Å². The maximum Gasteiger partial charge on any atom is 0.315 e. The molecule has 0 radical (unpaired) electrons. The van der Waals surface area contributed by atoms with E-state index in [2.05, 4.69) is 13.8 Å². The normalized spacial score (nSPS) is 22.2. The Bertz CT molecular complexity index is 1080. The van der Waals surface area contributed by atoms with E-state index in [1.807, 2.05) is 49.4 Å². The Hall–Kier alpha value is -2.72. The number of hydrogen-bond acceptors (Lipinski definition) is 4. The van der Waals surface area contributed by atoms with Crippen molar-refractivity contribution < 1.29 is 14.3 Å². The Morgan fingerprint density at radius 1 is 1.09 bits per heavy atom. The van der Waals surface area contributed by atoms with Crippen LogP contribution in [0, 0.1) is 11.3 Å². The lowest BCUT2D eigenvalue weighted by atomic mass is 9.67. The zero-order valence-electron chi connectivity index (χ0n) is 18.7. The molecule has 2 aromatic carbocycles. The van der Waals surface area contributed by atoms with E-state index in [1.165, 1.54) is 0 Å². The predicted octanol–water partition coefficient (Wildman–Crippen LogP) is 5.94. The SMILES string of the molecule is CC1=NC2=C(C(=O)CC(C)(C)C2)[C@H](c2ccc(Cl)cc2)C1C(=O)OCCc1ccccc1. The van der Waals surface area contributed by atoms with Gasteiger partial charge in [0, 0.05) is 40.8 Å². The van der Waals surface area contributed by atoms with Crippen LogP contribution in [-0.4, -0.2) is 24.1 Å². The molecule has 1 aliphatic carbocycles. The lowest BCUT2D eigenvalue weighted by Gasteiger charge is -2.39. The van der Waals surface area contributed by atoms with Crippen LogP contribution in [0.4, 0.5) is 0 Å².